The Bertz CT molecular complexity index is 96.8. The van der Waals surface area contributed by atoms with Crippen molar-refractivity contribution in [2.24, 2.45) is 0 Å². The summed E-state index contributed by atoms with van der Waals surface area (Å²) in [5, 5.41) is 16.6. The highest BCUT2D eigenvalue weighted by Gasteiger charge is 2.03. The fourth-order valence-electron chi connectivity index (χ4n) is 0.579. The Hall–Kier alpha value is -0.160. The van der Waals surface area contributed by atoms with Gasteiger partial charge in [0.1, 0.15) is 0 Å². The fourth-order valence-corrected chi connectivity index (χ4v) is 0.579. The number of aliphatic hydroxyl groups is 2. The second-order valence-electron chi connectivity index (χ2n) is 3.45. The van der Waals surface area contributed by atoms with Crippen LogP contribution >= 0.6 is 0 Å². The lowest BCUT2D eigenvalue weighted by molar-refractivity contribution is -0.0313. The molecule has 0 aromatic heterocycles. The topological polar surface area (TPSA) is 58.9 Å². The summed E-state index contributed by atoms with van der Waals surface area (Å²) >= 11 is 0. The standard InChI is InChI=1S/C7H16O3.C4H10O/c1-6(4-8)10-5-7(2)9-3;1-2-3-4-5/h6-8H,4-5H2,1-3H3;5H,2-4H2,1H3. The van der Waals surface area contributed by atoms with E-state index in [0.717, 1.165) is 12.8 Å². The van der Waals surface area contributed by atoms with Gasteiger partial charge in [0.05, 0.1) is 25.4 Å². The Morgan fingerprint density at radius 3 is 2.00 bits per heavy atom. The number of rotatable bonds is 7. The van der Waals surface area contributed by atoms with Crippen LogP contribution in [0.4, 0.5) is 0 Å². The van der Waals surface area contributed by atoms with Crippen LogP contribution in [0.15, 0.2) is 0 Å². The van der Waals surface area contributed by atoms with Gasteiger partial charge >= 0.3 is 0 Å². The van der Waals surface area contributed by atoms with E-state index < -0.39 is 0 Å². The maximum absolute atomic E-state index is 8.55. The Kier molecular flexibility index (Phi) is 15.9. The molecule has 0 saturated heterocycles. The molecule has 94 valence electrons. The molecule has 15 heavy (non-hydrogen) atoms. The van der Waals surface area contributed by atoms with Crippen LogP contribution in [0.25, 0.3) is 0 Å². The fraction of sp³-hybridized carbons (Fsp3) is 1.00. The third-order valence-corrected chi connectivity index (χ3v) is 1.79. The molecule has 4 nitrogen and oxygen atoms in total. The molecule has 0 saturated carbocycles. The van der Waals surface area contributed by atoms with Crippen molar-refractivity contribution in [3.63, 3.8) is 0 Å². The van der Waals surface area contributed by atoms with Crippen molar-refractivity contribution in [2.75, 3.05) is 26.9 Å². The minimum atomic E-state index is -0.0856. The van der Waals surface area contributed by atoms with E-state index in [1.807, 2.05) is 13.8 Å². The minimum Gasteiger partial charge on any atom is -0.396 e. The summed E-state index contributed by atoms with van der Waals surface area (Å²) in [5.41, 5.74) is 0. The van der Waals surface area contributed by atoms with Gasteiger partial charge in [0, 0.05) is 13.7 Å². The molecule has 0 radical (unpaired) electrons. The van der Waals surface area contributed by atoms with Gasteiger partial charge in [-0.3, -0.25) is 0 Å². The molecular weight excluding hydrogens is 196 g/mol. The molecule has 0 rings (SSSR count). The van der Waals surface area contributed by atoms with Gasteiger partial charge in [0.15, 0.2) is 0 Å². The summed E-state index contributed by atoms with van der Waals surface area (Å²) in [6.07, 6.45) is 2.06. The molecule has 0 aliphatic carbocycles. The average Bonchev–Trinajstić information content (AvgIpc) is 2.27. The molecule has 0 bridgehead atoms. The number of aliphatic hydroxyl groups excluding tert-OH is 2. The molecule has 0 fully saturated rings. The molecule has 0 aliphatic heterocycles. The lowest BCUT2D eigenvalue weighted by Gasteiger charge is -2.13. The number of hydrogen-bond acceptors (Lipinski definition) is 4. The van der Waals surface area contributed by atoms with Crippen LogP contribution in [0.2, 0.25) is 0 Å². The van der Waals surface area contributed by atoms with Gasteiger partial charge in [-0.2, -0.15) is 0 Å². The Morgan fingerprint density at radius 1 is 1.13 bits per heavy atom. The molecule has 0 aromatic carbocycles. The predicted molar refractivity (Wildman–Crippen MR) is 61.0 cm³/mol. The molecule has 2 unspecified atom stereocenters. The summed E-state index contributed by atoms with van der Waals surface area (Å²) in [6.45, 7) is 6.74. The summed E-state index contributed by atoms with van der Waals surface area (Å²) in [6, 6.07) is 0. The normalized spacial score (nSPS) is 14.0. The molecule has 0 aliphatic rings. The van der Waals surface area contributed by atoms with Crippen molar-refractivity contribution in [3.8, 4) is 0 Å². The van der Waals surface area contributed by atoms with Crippen LogP contribution in [-0.2, 0) is 9.47 Å². The first-order chi connectivity index (χ1) is 7.12. The predicted octanol–water partition coefficient (Wildman–Crippen LogP) is 1.20. The Balaban J connectivity index is 0. The van der Waals surface area contributed by atoms with Crippen molar-refractivity contribution in [2.45, 2.75) is 45.8 Å². The van der Waals surface area contributed by atoms with Crippen molar-refractivity contribution in [1.82, 2.24) is 0 Å². The number of hydrogen-bond donors (Lipinski definition) is 2. The first kappa shape index (κ1) is 17.2. The zero-order valence-corrected chi connectivity index (χ0v) is 10.4. The minimum absolute atomic E-state index is 0.0659. The first-order valence-electron chi connectivity index (χ1n) is 5.48. The van der Waals surface area contributed by atoms with Gasteiger partial charge in [-0.25, -0.2) is 0 Å². The maximum atomic E-state index is 8.55. The number of methoxy groups -OCH3 is 1. The van der Waals surface area contributed by atoms with E-state index in [-0.39, 0.29) is 18.8 Å². The third-order valence-electron chi connectivity index (χ3n) is 1.79. The van der Waals surface area contributed by atoms with Crippen molar-refractivity contribution in [3.05, 3.63) is 0 Å². The van der Waals surface area contributed by atoms with E-state index in [4.69, 9.17) is 19.7 Å². The smallest absolute Gasteiger partial charge is 0.0779 e. The largest absolute Gasteiger partial charge is 0.396 e. The van der Waals surface area contributed by atoms with E-state index in [2.05, 4.69) is 6.92 Å². The molecule has 0 heterocycles. The van der Waals surface area contributed by atoms with E-state index >= 15 is 0 Å². The van der Waals surface area contributed by atoms with Gasteiger partial charge in [-0.05, 0) is 20.3 Å². The van der Waals surface area contributed by atoms with Crippen LogP contribution in [0.3, 0.4) is 0 Å². The van der Waals surface area contributed by atoms with Crippen LogP contribution in [0.5, 0.6) is 0 Å². The van der Waals surface area contributed by atoms with E-state index in [0.29, 0.717) is 13.2 Å². The van der Waals surface area contributed by atoms with Crippen LogP contribution in [0, 0.1) is 0 Å². The second-order valence-corrected chi connectivity index (χ2v) is 3.45. The molecule has 2 atom stereocenters. The highest BCUT2D eigenvalue weighted by atomic mass is 16.5. The highest BCUT2D eigenvalue weighted by Crippen LogP contribution is 1.93. The molecule has 0 amide bonds. The third kappa shape index (κ3) is 16.5. The van der Waals surface area contributed by atoms with E-state index in [9.17, 15) is 0 Å². The van der Waals surface area contributed by atoms with E-state index in [1.54, 1.807) is 7.11 Å². The number of ether oxygens (including phenoxy) is 2. The summed E-state index contributed by atoms with van der Waals surface area (Å²) < 4.78 is 10.1. The average molecular weight is 222 g/mol. The summed E-state index contributed by atoms with van der Waals surface area (Å²) in [5.74, 6) is 0. The summed E-state index contributed by atoms with van der Waals surface area (Å²) in [4.78, 5) is 0. The molecule has 0 aromatic rings. The van der Waals surface area contributed by atoms with Gasteiger partial charge in [0.25, 0.3) is 0 Å². The Labute approximate surface area is 93.2 Å². The number of unbranched alkanes of at least 4 members (excludes halogenated alkanes) is 1. The highest BCUT2D eigenvalue weighted by molar-refractivity contribution is 4.49. The van der Waals surface area contributed by atoms with Crippen LogP contribution < -0.4 is 0 Å². The monoisotopic (exact) mass is 222 g/mol. The first-order valence-corrected chi connectivity index (χ1v) is 5.48. The molecule has 2 N–H and O–H groups in total. The van der Waals surface area contributed by atoms with Gasteiger partial charge < -0.3 is 19.7 Å². The molecule has 4 heteroatoms. The maximum Gasteiger partial charge on any atom is 0.0779 e. The van der Waals surface area contributed by atoms with E-state index in [1.165, 1.54) is 0 Å². The van der Waals surface area contributed by atoms with Gasteiger partial charge in [0.2, 0.25) is 0 Å². The van der Waals surface area contributed by atoms with Crippen molar-refractivity contribution < 1.29 is 19.7 Å². The van der Waals surface area contributed by atoms with Crippen LogP contribution in [-0.4, -0.2) is 49.4 Å². The second kappa shape index (κ2) is 13.8. The van der Waals surface area contributed by atoms with Crippen molar-refractivity contribution in [1.29, 1.82) is 0 Å². The van der Waals surface area contributed by atoms with Crippen molar-refractivity contribution >= 4 is 0 Å². The van der Waals surface area contributed by atoms with Gasteiger partial charge in [-0.15, -0.1) is 0 Å². The molecule has 0 spiro atoms. The zero-order chi connectivity index (χ0) is 12.1. The van der Waals surface area contributed by atoms with Gasteiger partial charge in [-0.1, -0.05) is 13.3 Å². The lowest BCUT2D eigenvalue weighted by Crippen LogP contribution is -2.21. The lowest BCUT2D eigenvalue weighted by atomic mass is 10.4. The quantitative estimate of drug-likeness (QED) is 0.679. The zero-order valence-electron chi connectivity index (χ0n) is 10.4. The van der Waals surface area contributed by atoms with Crippen LogP contribution in [0.1, 0.15) is 33.6 Å². The molecular formula is C11H26O4. The Morgan fingerprint density at radius 2 is 1.73 bits per heavy atom. The SMILES string of the molecule is CCCCO.COC(C)COC(C)CO. The summed E-state index contributed by atoms with van der Waals surface area (Å²) in [7, 11) is 1.64.